The van der Waals surface area contributed by atoms with Gasteiger partial charge < -0.3 is 15.0 Å². The Kier molecular flexibility index (Phi) is 4.36. The van der Waals surface area contributed by atoms with Crippen LogP contribution in [0.4, 0.5) is 5.69 Å². The summed E-state index contributed by atoms with van der Waals surface area (Å²) in [6.07, 6.45) is 4.94. The largest absolute Gasteiger partial charge is 0.392 e. The third-order valence-electron chi connectivity index (χ3n) is 2.83. The monoisotopic (exact) mass is 245 g/mol. The Morgan fingerprint density at radius 1 is 1.39 bits per heavy atom. The van der Waals surface area contributed by atoms with Crippen molar-refractivity contribution in [2.45, 2.75) is 33.0 Å². The number of aryl methyl sites for hydroxylation is 1. The third kappa shape index (κ3) is 3.11. The molecule has 0 saturated carbocycles. The highest BCUT2D eigenvalue weighted by Gasteiger charge is 2.02. The first-order valence-electron chi connectivity index (χ1n) is 6.27. The smallest absolute Gasteiger partial charge is 0.128 e. The van der Waals surface area contributed by atoms with Gasteiger partial charge in [-0.3, -0.25) is 0 Å². The normalized spacial score (nSPS) is 10.6. The Balaban J connectivity index is 1.99. The van der Waals surface area contributed by atoms with E-state index in [1.165, 1.54) is 0 Å². The number of benzene rings is 1. The number of aromatic nitrogens is 2. The summed E-state index contributed by atoms with van der Waals surface area (Å²) in [7, 11) is 0. The molecule has 18 heavy (non-hydrogen) atoms. The van der Waals surface area contributed by atoms with E-state index in [0.29, 0.717) is 6.54 Å². The molecule has 4 heteroatoms. The van der Waals surface area contributed by atoms with Gasteiger partial charge >= 0.3 is 0 Å². The van der Waals surface area contributed by atoms with Gasteiger partial charge in [0.1, 0.15) is 5.82 Å². The van der Waals surface area contributed by atoms with Gasteiger partial charge in [0.2, 0.25) is 0 Å². The average Bonchev–Trinajstić information content (AvgIpc) is 2.85. The van der Waals surface area contributed by atoms with E-state index in [9.17, 15) is 0 Å². The molecule has 96 valence electrons. The van der Waals surface area contributed by atoms with Gasteiger partial charge in [0.15, 0.2) is 0 Å². The van der Waals surface area contributed by atoms with Crippen LogP contribution < -0.4 is 5.32 Å². The predicted octanol–water partition coefficient (Wildman–Crippen LogP) is 2.40. The fourth-order valence-corrected chi connectivity index (χ4v) is 1.91. The third-order valence-corrected chi connectivity index (χ3v) is 2.83. The highest BCUT2D eigenvalue weighted by molar-refractivity contribution is 5.45. The quantitative estimate of drug-likeness (QED) is 0.821. The Bertz CT molecular complexity index is 493. The van der Waals surface area contributed by atoms with Gasteiger partial charge in [-0.2, -0.15) is 0 Å². The summed E-state index contributed by atoms with van der Waals surface area (Å²) in [6, 6.07) is 7.79. The number of hydrogen-bond acceptors (Lipinski definition) is 3. The highest BCUT2D eigenvalue weighted by Crippen LogP contribution is 2.12. The molecule has 1 aromatic carbocycles. The zero-order chi connectivity index (χ0) is 12.8. The molecule has 1 aromatic heterocycles. The molecule has 0 atom stereocenters. The van der Waals surface area contributed by atoms with Crippen molar-refractivity contribution < 1.29 is 5.11 Å². The van der Waals surface area contributed by atoms with E-state index in [1.807, 2.05) is 36.7 Å². The van der Waals surface area contributed by atoms with E-state index < -0.39 is 0 Å². The van der Waals surface area contributed by atoms with Crippen molar-refractivity contribution in [2.75, 3.05) is 5.32 Å². The van der Waals surface area contributed by atoms with Gasteiger partial charge in [0.25, 0.3) is 0 Å². The van der Waals surface area contributed by atoms with Crippen molar-refractivity contribution >= 4 is 5.69 Å². The molecule has 0 amide bonds. The molecule has 0 spiro atoms. The number of anilines is 1. The van der Waals surface area contributed by atoms with E-state index >= 15 is 0 Å². The Hall–Kier alpha value is -1.81. The Morgan fingerprint density at radius 3 is 3.06 bits per heavy atom. The maximum atomic E-state index is 9.08. The molecule has 0 unspecified atom stereocenters. The van der Waals surface area contributed by atoms with Crippen molar-refractivity contribution in [1.29, 1.82) is 0 Å². The van der Waals surface area contributed by atoms with Crippen LogP contribution in [0.5, 0.6) is 0 Å². The van der Waals surface area contributed by atoms with E-state index in [0.717, 1.165) is 30.0 Å². The van der Waals surface area contributed by atoms with Gasteiger partial charge in [-0.05, 0) is 24.1 Å². The lowest BCUT2D eigenvalue weighted by Gasteiger charge is -2.09. The number of imidazole rings is 1. The molecule has 0 radical (unpaired) electrons. The van der Waals surface area contributed by atoms with Gasteiger partial charge in [-0.25, -0.2) is 4.98 Å². The van der Waals surface area contributed by atoms with Gasteiger partial charge in [-0.15, -0.1) is 0 Å². The standard InChI is InChI=1S/C14H19N3O/c1-2-7-17-8-6-15-14(17)10-16-13-5-3-4-12(9-13)11-18/h3-6,8-9,16,18H,2,7,10-11H2,1H3. The summed E-state index contributed by atoms with van der Waals surface area (Å²) in [6.45, 7) is 3.91. The average molecular weight is 245 g/mol. The minimum absolute atomic E-state index is 0.0694. The molecule has 0 fully saturated rings. The van der Waals surface area contributed by atoms with Crippen molar-refractivity contribution in [1.82, 2.24) is 9.55 Å². The fraction of sp³-hybridized carbons (Fsp3) is 0.357. The summed E-state index contributed by atoms with van der Waals surface area (Å²) < 4.78 is 2.16. The molecule has 0 saturated heterocycles. The Labute approximate surface area is 107 Å². The van der Waals surface area contributed by atoms with Crippen LogP contribution in [-0.4, -0.2) is 14.7 Å². The Morgan fingerprint density at radius 2 is 2.28 bits per heavy atom. The highest BCUT2D eigenvalue weighted by atomic mass is 16.3. The molecule has 4 nitrogen and oxygen atoms in total. The van der Waals surface area contributed by atoms with Crippen LogP contribution in [0.15, 0.2) is 36.7 Å². The molecule has 0 aliphatic rings. The van der Waals surface area contributed by atoms with Crippen LogP contribution in [0.3, 0.4) is 0 Å². The van der Waals surface area contributed by atoms with E-state index in [2.05, 4.69) is 21.8 Å². The number of hydrogen-bond donors (Lipinski definition) is 2. The summed E-state index contributed by atoms with van der Waals surface area (Å²) in [5.41, 5.74) is 1.92. The first-order chi connectivity index (χ1) is 8.83. The van der Waals surface area contributed by atoms with Crippen molar-refractivity contribution in [3.63, 3.8) is 0 Å². The molecular weight excluding hydrogens is 226 g/mol. The number of rotatable bonds is 6. The number of nitrogens with one attached hydrogen (secondary N) is 1. The van der Waals surface area contributed by atoms with Crippen molar-refractivity contribution in [3.8, 4) is 0 Å². The summed E-state index contributed by atoms with van der Waals surface area (Å²) >= 11 is 0. The number of nitrogens with zero attached hydrogens (tertiary/aromatic N) is 2. The first kappa shape index (κ1) is 12.6. The van der Waals surface area contributed by atoms with Crippen molar-refractivity contribution in [3.05, 3.63) is 48.0 Å². The van der Waals surface area contributed by atoms with E-state index in [4.69, 9.17) is 5.11 Å². The molecule has 0 aliphatic carbocycles. The number of aliphatic hydroxyl groups excluding tert-OH is 1. The summed E-state index contributed by atoms with van der Waals surface area (Å²) in [4.78, 5) is 4.34. The van der Waals surface area contributed by atoms with Gasteiger partial charge in [0, 0.05) is 24.6 Å². The van der Waals surface area contributed by atoms with Crippen LogP contribution in [0.1, 0.15) is 24.7 Å². The predicted molar refractivity (Wildman–Crippen MR) is 72.2 cm³/mol. The second-order valence-electron chi connectivity index (χ2n) is 4.25. The van der Waals surface area contributed by atoms with E-state index in [-0.39, 0.29) is 6.61 Å². The molecule has 1 heterocycles. The van der Waals surface area contributed by atoms with Crippen LogP contribution in [0.25, 0.3) is 0 Å². The lowest BCUT2D eigenvalue weighted by Crippen LogP contribution is -2.08. The SMILES string of the molecule is CCCn1ccnc1CNc1cccc(CO)c1. The van der Waals surface area contributed by atoms with Gasteiger partial charge in [-0.1, -0.05) is 19.1 Å². The minimum atomic E-state index is 0.0694. The minimum Gasteiger partial charge on any atom is -0.392 e. The van der Waals surface area contributed by atoms with Crippen LogP contribution in [-0.2, 0) is 19.7 Å². The second kappa shape index (κ2) is 6.21. The number of aliphatic hydroxyl groups is 1. The molecule has 2 aromatic rings. The van der Waals surface area contributed by atoms with Crippen LogP contribution in [0, 0.1) is 0 Å². The van der Waals surface area contributed by atoms with Gasteiger partial charge in [0.05, 0.1) is 13.2 Å². The molecular formula is C14H19N3O. The first-order valence-corrected chi connectivity index (χ1v) is 6.27. The molecule has 2 N–H and O–H groups in total. The molecule has 2 rings (SSSR count). The molecule has 0 bridgehead atoms. The maximum absolute atomic E-state index is 9.08. The fourth-order valence-electron chi connectivity index (χ4n) is 1.91. The maximum Gasteiger partial charge on any atom is 0.128 e. The van der Waals surface area contributed by atoms with Crippen LogP contribution in [0.2, 0.25) is 0 Å². The topological polar surface area (TPSA) is 50.1 Å². The lowest BCUT2D eigenvalue weighted by molar-refractivity contribution is 0.282. The van der Waals surface area contributed by atoms with Crippen LogP contribution >= 0.6 is 0 Å². The summed E-state index contributed by atoms with van der Waals surface area (Å²) in [5.74, 6) is 1.03. The second-order valence-corrected chi connectivity index (χ2v) is 4.25. The molecule has 0 aliphatic heterocycles. The zero-order valence-electron chi connectivity index (χ0n) is 10.6. The lowest BCUT2D eigenvalue weighted by atomic mass is 10.2. The summed E-state index contributed by atoms with van der Waals surface area (Å²) in [5, 5.41) is 12.4. The van der Waals surface area contributed by atoms with E-state index in [1.54, 1.807) is 0 Å². The van der Waals surface area contributed by atoms with Crippen molar-refractivity contribution in [2.24, 2.45) is 0 Å². The zero-order valence-corrected chi connectivity index (χ0v) is 10.6.